The molecule has 1 aliphatic rings. The van der Waals surface area contributed by atoms with E-state index in [1.807, 2.05) is 31.3 Å². The number of hydrogen-bond donors (Lipinski definition) is 0. The smallest absolute Gasteiger partial charge is 0.343 e. The molecular formula is C28H22FNO5. The molecular weight excluding hydrogens is 449 g/mol. The Labute approximate surface area is 201 Å². The van der Waals surface area contributed by atoms with Crippen LogP contribution in [-0.2, 0) is 6.54 Å². The first-order valence-electron chi connectivity index (χ1n) is 11.1. The summed E-state index contributed by atoms with van der Waals surface area (Å²) in [5.74, 6) is 0.192. The zero-order chi connectivity index (χ0) is 24.7. The maximum Gasteiger partial charge on any atom is 0.343 e. The SMILES string of the molecule is CCn1cc(/C=C2/Oc3c(ccc(OC(=O)c4ccc(F)cc4)c3C)C2=O)c2cc(OC)ccc21. The summed E-state index contributed by atoms with van der Waals surface area (Å²) in [6.45, 7) is 4.53. The molecule has 176 valence electrons. The van der Waals surface area contributed by atoms with Crippen LogP contribution in [0.4, 0.5) is 4.39 Å². The molecule has 0 radical (unpaired) electrons. The Bertz CT molecular complexity index is 1510. The highest BCUT2D eigenvalue weighted by atomic mass is 19.1. The van der Waals surface area contributed by atoms with Crippen LogP contribution >= 0.6 is 0 Å². The van der Waals surface area contributed by atoms with Gasteiger partial charge in [-0.1, -0.05) is 0 Å². The number of Topliss-reactive ketones (excluding diaryl/α,β-unsaturated/α-hetero) is 1. The third kappa shape index (κ3) is 3.95. The predicted molar refractivity (Wildman–Crippen MR) is 130 cm³/mol. The van der Waals surface area contributed by atoms with Gasteiger partial charge in [-0.15, -0.1) is 0 Å². The van der Waals surface area contributed by atoms with Crippen LogP contribution in [0.15, 0.2) is 66.6 Å². The molecule has 0 unspecified atom stereocenters. The first-order chi connectivity index (χ1) is 16.9. The van der Waals surface area contributed by atoms with E-state index in [0.29, 0.717) is 16.9 Å². The monoisotopic (exact) mass is 471 g/mol. The highest BCUT2D eigenvalue weighted by Gasteiger charge is 2.31. The minimum absolute atomic E-state index is 0.183. The fraction of sp³-hybridized carbons (Fsp3) is 0.143. The molecule has 0 aliphatic carbocycles. The van der Waals surface area contributed by atoms with Crippen LogP contribution in [-0.4, -0.2) is 23.4 Å². The number of ketones is 1. The number of methoxy groups -OCH3 is 1. The number of nitrogens with zero attached hydrogens (tertiary/aromatic N) is 1. The molecule has 35 heavy (non-hydrogen) atoms. The Morgan fingerprint density at radius 2 is 1.89 bits per heavy atom. The van der Waals surface area contributed by atoms with Gasteiger partial charge in [-0.05, 0) is 74.5 Å². The number of esters is 1. The summed E-state index contributed by atoms with van der Waals surface area (Å²) in [5.41, 5.74) is 2.98. The van der Waals surface area contributed by atoms with E-state index in [1.165, 1.54) is 24.3 Å². The van der Waals surface area contributed by atoms with Crippen LogP contribution in [0.1, 0.15) is 38.8 Å². The first-order valence-corrected chi connectivity index (χ1v) is 11.1. The number of carbonyl (C=O) groups excluding carboxylic acids is 2. The summed E-state index contributed by atoms with van der Waals surface area (Å²) in [5, 5.41) is 0.941. The first kappa shape index (κ1) is 22.4. The van der Waals surface area contributed by atoms with Crippen molar-refractivity contribution in [1.29, 1.82) is 0 Å². The molecule has 0 spiro atoms. The van der Waals surface area contributed by atoms with Gasteiger partial charge < -0.3 is 18.8 Å². The molecule has 1 aromatic heterocycles. The molecule has 0 N–H and O–H groups in total. The minimum Gasteiger partial charge on any atom is -0.497 e. The number of rotatable bonds is 5. The van der Waals surface area contributed by atoms with Crippen LogP contribution in [0.3, 0.4) is 0 Å². The maximum absolute atomic E-state index is 13.2. The summed E-state index contributed by atoms with van der Waals surface area (Å²) < 4.78 is 32.1. The quantitative estimate of drug-likeness (QED) is 0.204. The van der Waals surface area contributed by atoms with Gasteiger partial charge in [0.2, 0.25) is 5.78 Å². The Morgan fingerprint density at radius 1 is 1.11 bits per heavy atom. The summed E-state index contributed by atoms with van der Waals surface area (Å²) in [4.78, 5) is 25.6. The van der Waals surface area contributed by atoms with Gasteiger partial charge in [-0.2, -0.15) is 0 Å². The van der Waals surface area contributed by atoms with Gasteiger partial charge in [-0.3, -0.25) is 4.79 Å². The van der Waals surface area contributed by atoms with Crippen molar-refractivity contribution in [3.8, 4) is 17.2 Å². The number of allylic oxidation sites excluding steroid dienone is 1. The van der Waals surface area contributed by atoms with E-state index in [0.717, 1.165) is 28.8 Å². The van der Waals surface area contributed by atoms with Gasteiger partial charge in [0.15, 0.2) is 5.76 Å². The highest BCUT2D eigenvalue weighted by Crippen LogP contribution is 2.40. The van der Waals surface area contributed by atoms with E-state index in [9.17, 15) is 14.0 Å². The summed E-state index contributed by atoms with van der Waals surface area (Å²) >= 11 is 0. The Hall–Kier alpha value is -4.39. The number of benzene rings is 3. The Morgan fingerprint density at radius 3 is 2.60 bits per heavy atom. The predicted octanol–water partition coefficient (Wildman–Crippen LogP) is 5.95. The number of fused-ring (bicyclic) bond motifs is 2. The van der Waals surface area contributed by atoms with Gasteiger partial charge >= 0.3 is 5.97 Å². The molecule has 3 aromatic carbocycles. The van der Waals surface area contributed by atoms with Crippen molar-refractivity contribution in [2.45, 2.75) is 20.4 Å². The summed E-state index contributed by atoms with van der Waals surface area (Å²) in [6.07, 6.45) is 3.69. The van der Waals surface area contributed by atoms with Crippen LogP contribution in [0.5, 0.6) is 17.2 Å². The maximum atomic E-state index is 13.2. The molecule has 0 fully saturated rings. The Kier molecular flexibility index (Phi) is 5.61. The largest absolute Gasteiger partial charge is 0.497 e. The van der Waals surface area contributed by atoms with E-state index in [-0.39, 0.29) is 22.9 Å². The Balaban J connectivity index is 1.47. The second-order valence-electron chi connectivity index (χ2n) is 8.16. The number of hydrogen-bond acceptors (Lipinski definition) is 5. The van der Waals surface area contributed by atoms with Crippen molar-refractivity contribution in [2.24, 2.45) is 0 Å². The van der Waals surface area contributed by atoms with Crippen molar-refractivity contribution in [2.75, 3.05) is 7.11 Å². The molecule has 5 rings (SSSR count). The molecule has 4 aromatic rings. The lowest BCUT2D eigenvalue weighted by Gasteiger charge is -2.10. The van der Waals surface area contributed by atoms with Gasteiger partial charge in [0.1, 0.15) is 23.1 Å². The van der Waals surface area contributed by atoms with Crippen LogP contribution < -0.4 is 14.2 Å². The lowest BCUT2D eigenvalue weighted by molar-refractivity contribution is 0.0733. The molecule has 6 nitrogen and oxygen atoms in total. The molecule has 0 atom stereocenters. The van der Waals surface area contributed by atoms with Crippen molar-refractivity contribution >= 4 is 28.7 Å². The zero-order valence-corrected chi connectivity index (χ0v) is 19.4. The number of ether oxygens (including phenoxy) is 3. The third-order valence-electron chi connectivity index (χ3n) is 6.07. The van der Waals surface area contributed by atoms with Crippen LogP contribution in [0.2, 0.25) is 0 Å². The van der Waals surface area contributed by atoms with Crippen molar-refractivity contribution in [3.05, 3.63) is 94.6 Å². The van der Waals surface area contributed by atoms with Gasteiger partial charge in [-0.25, -0.2) is 9.18 Å². The summed E-state index contributed by atoms with van der Waals surface area (Å²) in [6, 6.07) is 14.0. The fourth-order valence-electron chi connectivity index (χ4n) is 4.17. The lowest BCUT2D eigenvalue weighted by Crippen LogP contribution is -2.09. The summed E-state index contributed by atoms with van der Waals surface area (Å²) in [7, 11) is 1.61. The van der Waals surface area contributed by atoms with E-state index in [4.69, 9.17) is 14.2 Å². The number of halogens is 1. The topological polar surface area (TPSA) is 66.8 Å². The third-order valence-corrected chi connectivity index (χ3v) is 6.07. The van der Waals surface area contributed by atoms with E-state index in [1.54, 1.807) is 32.2 Å². The number of aryl methyl sites for hydroxylation is 1. The van der Waals surface area contributed by atoms with E-state index < -0.39 is 11.8 Å². The minimum atomic E-state index is -0.630. The average molecular weight is 471 g/mol. The molecule has 1 aliphatic heterocycles. The zero-order valence-electron chi connectivity index (χ0n) is 19.4. The molecule has 0 saturated carbocycles. The molecule has 0 amide bonds. The van der Waals surface area contributed by atoms with Crippen molar-refractivity contribution < 1.29 is 28.2 Å². The molecule has 2 heterocycles. The van der Waals surface area contributed by atoms with Gasteiger partial charge in [0.05, 0.1) is 18.2 Å². The lowest BCUT2D eigenvalue weighted by atomic mass is 10.1. The van der Waals surface area contributed by atoms with Crippen molar-refractivity contribution in [3.63, 3.8) is 0 Å². The molecule has 0 saturated heterocycles. The normalized spacial score (nSPS) is 13.7. The molecule has 0 bridgehead atoms. The number of aromatic nitrogens is 1. The number of carbonyl (C=O) groups is 2. The van der Waals surface area contributed by atoms with Crippen LogP contribution in [0, 0.1) is 12.7 Å². The average Bonchev–Trinajstić information content (AvgIpc) is 3.38. The second kappa shape index (κ2) is 8.76. The van der Waals surface area contributed by atoms with Gasteiger partial charge in [0, 0.05) is 34.8 Å². The van der Waals surface area contributed by atoms with Crippen molar-refractivity contribution in [1.82, 2.24) is 4.57 Å². The fourth-order valence-corrected chi connectivity index (χ4v) is 4.17. The van der Waals surface area contributed by atoms with Crippen LogP contribution in [0.25, 0.3) is 17.0 Å². The molecule has 7 heteroatoms. The van der Waals surface area contributed by atoms with Gasteiger partial charge in [0.25, 0.3) is 0 Å². The van der Waals surface area contributed by atoms with E-state index >= 15 is 0 Å². The van der Waals surface area contributed by atoms with E-state index in [2.05, 4.69) is 4.57 Å². The highest BCUT2D eigenvalue weighted by molar-refractivity contribution is 6.15. The standard InChI is InChI=1S/C28H22FNO5/c1-4-30-15-18(22-14-20(33-3)9-11-23(22)30)13-25-26(31)21-10-12-24(16(2)27(21)34-25)35-28(32)17-5-7-19(29)8-6-17/h5-15H,4H2,1-3H3/b25-13+. The second-order valence-corrected chi connectivity index (χ2v) is 8.16.